The zero-order chi connectivity index (χ0) is 14.9. The Labute approximate surface area is 117 Å². The van der Waals surface area contributed by atoms with Gasteiger partial charge in [-0.25, -0.2) is 10.5 Å². The highest BCUT2D eigenvalue weighted by atomic mass is 16.5. The molecule has 108 valence electrons. The Morgan fingerprint density at radius 3 is 2.65 bits per heavy atom. The van der Waals surface area contributed by atoms with E-state index in [1.54, 1.807) is 17.6 Å². The third-order valence-corrected chi connectivity index (χ3v) is 3.31. The molecule has 1 aliphatic rings. The second-order valence-corrected chi connectivity index (χ2v) is 5.97. The Morgan fingerprint density at radius 2 is 2.05 bits per heavy atom. The summed E-state index contributed by atoms with van der Waals surface area (Å²) in [6.07, 6.45) is 0.615. The van der Waals surface area contributed by atoms with E-state index < -0.39 is 11.3 Å². The van der Waals surface area contributed by atoms with Crippen LogP contribution < -0.4 is 5.48 Å². The molecule has 0 spiro atoms. The molecule has 2 rings (SSSR count). The van der Waals surface area contributed by atoms with Crippen molar-refractivity contribution in [2.75, 3.05) is 6.54 Å². The van der Waals surface area contributed by atoms with Crippen LogP contribution >= 0.6 is 0 Å². The first-order valence-electron chi connectivity index (χ1n) is 6.55. The summed E-state index contributed by atoms with van der Waals surface area (Å²) in [6.45, 7) is 6.81. The number of hydrogen-bond donors (Lipinski definition) is 2. The van der Waals surface area contributed by atoms with Crippen LogP contribution in [0.5, 0.6) is 0 Å². The van der Waals surface area contributed by atoms with Crippen molar-refractivity contribution in [1.82, 2.24) is 15.4 Å². The molecule has 6 heteroatoms. The average molecular weight is 277 g/mol. The number of hydrogen-bond acceptors (Lipinski definition) is 4. The number of nitrogens with zero attached hydrogens (tertiary/aromatic N) is 2. The van der Waals surface area contributed by atoms with Crippen molar-refractivity contribution in [2.45, 2.75) is 33.7 Å². The topological polar surface area (TPSA) is 82.5 Å². The molecular weight excluding hydrogens is 258 g/mol. The van der Waals surface area contributed by atoms with E-state index in [1.165, 1.54) is 0 Å². The highest BCUT2D eigenvalue weighted by Crippen LogP contribution is 2.23. The molecule has 20 heavy (non-hydrogen) atoms. The molecule has 1 aromatic heterocycles. The summed E-state index contributed by atoms with van der Waals surface area (Å²) in [5, 5.41) is 8.60. The Kier molecular flexibility index (Phi) is 3.76. The largest absolute Gasteiger partial charge is 0.337 e. The van der Waals surface area contributed by atoms with Crippen LogP contribution in [0.15, 0.2) is 12.1 Å². The third kappa shape index (κ3) is 2.80. The molecule has 0 unspecified atom stereocenters. The van der Waals surface area contributed by atoms with E-state index in [-0.39, 0.29) is 11.6 Å². The van der Waals surface area contributed by atoms with Gasteiger partial charge in [0.05, 0.1) is 0 Å². The predicted octanol–water partition coefficient (Wildman–Crippen LogP) is 1.13. The first-order valence-corrected chi connectivity index (χ1v) is 6.55. The van der Waals surface area contributed by atoms with Gasteiger partial charge < -0.3 is 4.90 Å². The molecule has 1 aromatic rings. The zero-order valence-electron chi connectivity index (χ0n) is 11.9. The van der Waals surface area contributed by atoms with Crippen molar-refractivity contribution < 1.29 is 14.8 Å². The van der Waals surface area contributed by atoms with Crippen LogP contribution in [-0.2, 0) is 17.8 Å². The third-order valence-electron chi connectivity index (χ3n) is 3.31. The van der Waals surface area contributed by atoms with Gasteiger partial charge in [0.1, 0.15) is 5.69 Å². The lowest BCUT2D eigenvalue weighted by molar-refractivity contribution is -0.140. The fourth-order valence-electron chi connectivity index (χ4n) is 2.25. The first-order chi connectivity index (χ1) is 9.32. The van der Waals surface area contributed by atoms with Gasteiger partial charge in [-0.1, -0.05) is 26.8 Å². The number of carbonyl (C=O) groups is 2. The van der Waals surface area contributed by atoms with E-state index in [0.717, 1.165) is 11.3 Å². The molecule has 2 N–H and O–H groups in total. The number of nitrogens with one attached hydrogen (secondary N) is 1. The van der Waals surface area contributed by atoms with Gasteiger partial charge in [0.2, 0.25) is 5.91 Å². The number of aromatic nitrogens is 1. The second kappa shape index (κ2) is 5.20. The normalized spacial score (nSPS) is 14.7. The molecule has 0 saturated heterocycles. The second-order valence-electron chi connectivity index (χ2n) is 5.97. The maximum atomic E-state index is 12.3. The summed E-state index contributed by atoms with van der Waals surface area (Å²) >= 11 is 0. The van der Waals surface area contributed by atoms with E-state index in [9.17, 15) is 9.59 Å². The van der Waals surface area contributed by atoms with E-state index >= 15 is 0 Å². The lowest BCUT2D eigenvalue weighted by Gasteiger charge is -2.33. The van der Waals surface area contributed by atoms with Gasteiger partial charge in [-0.3, -0.25) is 14.8 Å². The lowest BCUT2D eigenvalue weighted by Crippen LogP contribution is -2.42. The lowest BCUT2D eigenvalue weighted by atomic mass is 9.93. The van der Waals surface area contributed by atoms with Crippen molar-refractivity contribution in [3.05, 3.63) is 29.1 Å². The Hall–Kier alpha value is -1.95. The minimum absolute atomic E-state index is 0.111. The molecule has 0 radical (unpaired) electrons. The highest BCUT2D eigenvalue weighted by Gasteiger charge is 2.30. The van der Waals surface area contributed by atoms with Gasteiger partial charge >= 0.3 is 0 Å². The number of carbonyl (C=O) groups excluding carboxylic acids is 2. The van der Waals surface area contributed by atoms with Crippen LogP contribution in [0.1, 0.15) is 42.5 Å². The molecule has 1 aliphatic heterocycles. The van der Waals surface area contributed by atoms with Crippen LogP contribution in [0.2, 0.25) is 0 Å². The van der Waals surface area contributed by atoms with Crippen molar-refractivity contribution >= 4 is 11.8 Å². The molecular formula is C14H19N3O3. The van der Waals surface area contributed by atoms with Gasteiger partial charge in [-0.2, -0.15) is 0 Å². The summed E-state index contributed by atoms with van der Waals surface area (Å²) in [4.78, 5) is 29.6. The predicted molar refractivity (Wildman–Crippen MR) is 72.1 cm³/mol. The van der Waals surface area contributed by atoms with E-state index in [1.807, 2.05) is 25.7 Å². The molecule has 6 nitrogen and oxygen atoms in total. The van der Waals surface area contributed by atoms with Crippen molar-refractivity contribution in [3.8, 4) is 0 Å². The fourth-order valence-corrected chi connectivity index (χ4v) is 2.25. The number of rotatable bonds is 1. The van der Waals surface area contributed by atoms with Crippen molar-refractivity contribution in [2.24, 2.45) is 5.41 Å². The maximum Gasteiger partial charge on any atom is 0.293 e. The molecule has 0 atom stereocenters. The number of fused-ring (bicyclic) bond motifs is 1. The molecule has 0 aliphatic carbocycles. The number of amides is 2. The van der Waals surface area contributed by atoms with E-state index in [2.05, 4.69) is 4.98 Å². The first kappa shape index (κ1) is 14.5. The van der Waals surface area contributed by atoms with Crippen LogP contribution in [0.3, 0.4) is 0 Å². The van der Waals surface area contributed by atoms with Gasteiger partial charge in [0, 0.05) is 30.6 Å². The molecule has 2 amide bonds. The van der Waals surface area contributed by atoms with Crippen molar-refractivity contribution in [1.29, 1.82) is 0 Å². The standard InChI is InChI=1S/C14H19N3O3/c1-14(2,3)13(19)17-7-6-10-9(8-17)4-5-11(15-10)12(18)16-20/h4-5,20H,6-8H2,1-3H3,(H,16,18). The molecule has 2 heterocycles. The van der Waals surface area contributed by atoms with Crippen LogP contribution in [-0.4, -0.2) is 33.5 Å². The monoisotopic (exact) mass is 277 g/mol. The molecule has 0 fully saturated rings. The minimum atomic E-state index is -0.624. The molecule has 0 aromatic carbocycles. The fraction of sp³-hybridized carbons (Fsp3) is 0.500. The summed E-state index contributed by atoms with van der Waals surface area (Å²) in [7, 11) is 0. The Bertz CT molecular complexity index is 549. The van der Waals surface area contributed by atoms with Gasteiger partial charge in [0.25, 0.3) is 5.91 Å². The minimum Gasteiger partial charge on any atom is -0.337 e. The number of hydroxylamine groups is 1. The van der Waals surface area contributed by atoms with Crippen LogP contribution in [0, 0.1) is 5.41 Å². The average Bonchev–Trinajstić information content (AvgIpc) is 2.43. The number of pyridine rings is 1. The summed E-state index contributed by atoms with van der Waals surface area (Å²) in [5.41, 5.74) is 3.11. The van der Waals surface area contributed by atoms with E-state index in [4.69, 9.17) is 5.21 Å². The van der Waals surface area contributed by atoms with Gasteiger partial charge in [-0.15, -0.1) is 0 Å². The van der Waals surface area contributed by atoms with Crippen molar-refractivity contribution in [3.63, 3.8) is 0 Å². The van der Waals surface area contributed by atoms with Crippen LogP contribution in [0.4, 0.5) is 0 Å². The van der Waals surface area contributed by atoms with Gasteiger partial charge in [0.15, 0.2) is 0 Å². The van der Waals surface area contributed by atoms with Crippen LogP contribution in [0.25, 0.3) is 0 Å². The highest BCUT2D eigenvalue weighted by molar-refractivity contribution is 5.91. The summed E-state index contributed by atoms with van der Waals surface area (Å²) in [5.74, 6) is -0.513. The zero-order valence-corrected chi connectivity index (χ0v) is 11.9. The summed E-state index contributed by atoms with van der Waals surface area (Å²) in [6, 6.07) is 3.34. The SMILES string of the molecule is CC(C)(C)C(=O)N1CCc2nc(C(=O)NO)ccc2C1. The summed E-state index contributed by atoms with van der Waals surface area (Å²) < 4.78 is 0. The van der Waals surface area contributed by atoms with Gasteiger partial charge in [-0.05, 0) is 11.6 Å². The Morgan fingerprint density at radius 1 is 1.35 bits per heavy atom. The van der Waals surface area contributed by atoms with E-state index in [0.29, 0.717) is 19.5 Å². The quantitative estimate of drug-likeness (QED) is 0.595. The maximum absolute atomic E-state index is 12.3. The molecule has 0 saturated carbocycles. The molecule has 0 bridgehead atoms. The smallest absolute Gasteiger partial charge is 0.293 e. The Balaban J connectivity index is 2.20.